The zero-order valence-electron chi connectivity index (χ0n) is 12.2. The first-order chi connectivity index (χ1) is 10.1. The summed E-state index contributed by atoms with van der Waals surface area (Å²) >= 11 is 0. The summed E-state index contributed by atoms with van der Waals surface area (Å²) in [6.45, 7) is 4.32. The molecular weight excluding hydrogens is 266 g/mol. The van der Waals surface area contributed by atoms with Crippen LogP contribution in [0.3, 0.4) is 0 Å². The SMILES string of the molecule is CC(C)N(C)c1cccc(Nc2ccc3nnnn3n2)c1. The Hall–Kier alpha value is -2.70. The maximum Gasteiger partial charge on any atom is 0.200 e. The number of aromatic nitrogens is 5. The van der Waals surface area contributed by atoms with Crippen LogP contribution in [0.2, 0.25) is 0 Å². The van der Waals surface area contributed by atoms with Gasteiger partial charge in [0.05, 0.1) is 0 Å². The van der Waals surface area contributed by atoms with Crippen molar-refractivity contribution in [2.45, 2.75) is 19.9 Å². The molecule has 3 aromatic rings. The van der Waals surface area contributed by atoms with Gasteiger partial charge in [-0.1, -0.05) is 6.07 Å². The quantitative estimate of drug-likeness (QED) is 0.790. The van der Waals surface area contributed by atoms with E-state index in [-0.39, 0.29) is 0 Å². The third-order valence-corrected chi connectivity index (χ3v) is 3.37. The van der Waals surface area contributed by atoms with Gasteiger partial charge in [-0.15, -0.1) is 14.8 Å². The van der Waals surface area contributed by atoms with Gasteiger partial charge in [0.15, 0.2) is 11.5 Å². The molecule has 2 aromatic heterocycles. The first kappa shape index (κ1) is 13.3. The van der Waals surface area contributed by atoms with Crippen molar-refractivity contribution in [3.63, 3.8) is 0 Å². The minimum absolute atomic E-state index is 0.441. The Labute approximate surface area is 122 Å². The van der Waals surface area contributed by atoms with Gasteiger partial charge in [0.25, 0.3) is 0 Å². The molecule has 0 saturated heterocycles. The Bertz CT molecular complexity index is 750. The molecule has 21 heavy (non-hydrogen) atoms. The predicted octanol–water partition coefficient (Wildman–Crippen LogP) is 2.11. The average molecular weight is 283 g/mol. The molecule has 0 bridgehead atoms. The van der Waals surface area contributed by atoms with Gasteiger partial charge in [-0.2, -0.15) is 0 Å². The van der Waals surface area contributed by atoms with Crippen LogP contribution < -0.4 is 10.2 Å². The van der Waals surface area contributed by atoms with Crippen molar-refractivity contribution in [3.05, 3.63) is 36.4 Å². The van der Waals surface area contributed by atoms with Gasteiger partial charge >= 0.3 is 0 Å². The fraction of sp³-hybridized carbons (Fsp3) is 0.286. The highest BCUT2D eigenvalue weighted by atomic mass is 15.6. The molecule has 0 fully saturated rings. The van der Waals surface area contributed by atoms with Crippen LogP contribution >= 0.6 is 0 Å². The van der Waals surface area contributed by atoms with Gasteiger partial charge in [0.1, 0.15) is 0 Å². The maximum absolute atomic E-state index is 4.30. The molecule has 2 heterocycles. The smallest absolute Gasteiger partial charge is 0.200 e. The summed E-state index contributed by atoms with van der Waals surface area (Å²) in [4.78, 5) is 2.21. The number of rotatable bonds is 4. The third-order valence-electron chi connectivity index (χ3n) is 3.37. The Kier molecular flexibility index (Phi) is 3.39. The van der Waals surface area contributed by atoms with E-state index in [1.807, 2.05) is 24.3 Å². The molecule has 0 radical (unpaired) electrons. The normalized spacial score (nSPS) is 11.0. The summed E-state index contributed by atoms with van der Waals surface area (Å²) in [5, 5.41) is 18.7. The van der Waals surface area contributed by atoms with Gasteiger partial charge in [0, 0.05) is 24.5 Å². The van der Waals surface area contributed by atoms with Crippen molar-refractivity contribution in [2.75, 3.05) is 17.3 Å². The van der Waals surface area contributed by atoms with Crippen molar-refractivity contribution in [1.82, 2.24) is 25.3 Å². The van der Waals surface area contributed by atoms with E-state index < -0.39 is 0 Å². The minimum atomic E-state index is 0.441. The highest BCUT2D eigenvalue weighted by Gasteiger charge is 2.06. The van der Waals surface area contributed by atoms with Crippen LogP contribution in [-0.2, 0) is 0 Å². The second-order valence-corrected chi connectivity index (χ2v) is 5.13. The second-order valence-electron chi connectivity index (χ2n) is 5.13. The maximum atomic E-state index is 4.30. The van der Waals surface area contributed by atoms with E-state index in [2.05, 4.69) is 63.9 Å². The van der Waals surface area contributed by atoms with E-state index in [0.29, 0.717) is 17.5 Å². The molecule has 1 N–H and O–H groups in total. The molecule has 108 valence electrons. The molecule has 0 unspecified atom stereocenters. The lowest BCUT2D eigenvalue weighted by atomic mass is 10.2. The summed E-state index contributed by atoms with van der Waals surface area (Å²) in [6, 6.07) is 12.3. The highest BCUT2D eigenvalue weighted by molar-refractivity contribution is 5.63. The second kappa shape index (κ2) is 5.35. The van der Waals surface area contributed by atoms with Crippen molar-refractivity contribution in [2.24, 2.45) is 0 Å². The van der Waals surface area contributed by atoms with E-state index in [9.17, 15) is 0 Å². The Morgan fingerprint density at radius 1 is 1.19 bits per heavy atom. The number of nitrogens with one attached hydrogen (secondary N) is 1. The largest absolute Gasteiger partial charge is 0.372 e. The molecule has 0 aliphatic rings. The summed E-state index contributed by atoms with van der Waals surface area (Å²) in [7, 11) is 2.08. The van der Waals surface area contributed by atoms with E-state index >= 15 is 0 Å². The van der Waals surface area contributed by atoms with Crippen molar-refractivity contribution in [3.8, 4) is 0 Å². The molecule has 0 aliphatic heterocycles. The van der Waals surface area contributed by atoms with Gasteiger partial charge < -0.3 is 10.2 Å². The lowest BCUT2D eigenvalue weighted by molar-refractivity contribution is 0.736. The van der Waals surface area contributed by atoms with E-state index in [0.717, 1.165) is 11.4 Å². The number of tetrazole rings is 1. The lowest BCUT2D eigenvalue weighted by Gasteiger charge is -2.24. The van der Waals surface area contributed by atoms with E-state index in [1.54, 1.807) is 0 Å². The fourth-order valence-corrected chi connectivity index (χ4v) is 1.97. The van der Waals surface area contributed by atoms with Gasteiger partial charge in [0.2, 0.25) is 0 Å². The van der Waals surface area contributed by atoms with Crippen LogP contribution in [0.1, 0.15) is 13.8 Å². The van der Waals surface area contributed by atoms with E-state index in [4.69, 9.17) is 0 Å². The summed E-state index contributed by atoms with van der Waals surface area (Å²) in [5.74, 6) is 0.694. The van der Waals surface area contributed by atoms with Crippen molar-refractivity contribution in [1.29, 1.82) is 0 Å². The standard InChI is InChI=1S/C14H17N7/c1-10(2)20(3)12-6-4-5-11(9-12)15-13-7-8-14-16-18-19-21(14)17-13/h4-10H,1-3H3,(H,15,17). The minimum Gasteiger partial charge on any atom is -0.372 e. The molecule has 7 nitrogen and oxygen atoms in total. The number of fused-ring (bicyclic) bond motifs is 1. The first-order valence-electron chi connectivity index (χ1n) is 6.79. The van der Waals surface area contributed by atoms with Gasteiger partial charge in [-0.3, -0.25) is 0 Å². The Morgan fingerprint density at radius 3 is 2.86 bits per heavy atom. The molecule has 1 aromatic carbocycles. The molecule has 3 rings (SSSR count). The predicted molar refractivity (Wildman–Crippen MR) is 81.8 cm³/mol. The summed E-state index contributed by atoms with van der Waals surface area (Å²) in [5.41, 5.74) is 2.74. The number of benzene rings is 1. The summed E-state index contributed by atoms with van der Waals surface area (Å²) in [6.07, 6.45) is 0. The lowest BCUT2D eigenvalue weighted by Crippen LogP contribution is -2.25. The van der Waals surface area contributed by atoms with Crippen LogP contribution in [-0.4, -0.2) is 38.3 Å². The van der Waals surface area contributed by atoms with Crippen LogP contribution in [0.5, 0.6) is 0 Å². The molecule has 0 spiro atoms. The average Bonchev–Trinajstić information content (AvgIpc) is 2.94. The van der Waals surface area contributed by atoms with Crippen LogP contribution in [0.4, 0.5) is 17.2 Å². The van der Waals surface area contributed by atoms with Crippen LogP contribution in [0.25, 0.3) is 5.65 Å². The molecule has 0 saturated carbocycles. The molecule has 0 aliphatic carbocycles. The van der Waals surface area contributed by atoms with Crippen LogP contribution in [0, 0.1) is 0 Å². The van der Waals surface area contributed by atoms with Crippen LogP contribution in [0.15, 0.2) is 36.4 Å². The molecule has 7 heteroatoms. The van der Waals surface area contributed by atoms with Gasteiger partial charge in [-0.25, -0.2) is 0 Å². The topological polar surface area (TPSA) is 71.2 Å². The number of nitrogens with zero attached hydrogens (tertiary/aromatic N) is 6. The Balaban J connectivity index is 1.85. The molecular formula is C14H17N7. The van der Waals surface area contributed by atoms with Gasteiger partial charge in [-0.05, 0) is 54.6 Å². The first-order valence-corrected chi connectivity index (χ1v) is 6.79. The Morgan fingerprint density at radius 2 is 2.05 bits per heavy atom. The number of hydrogen-bond acceptors (Lipinski definition) is 6. The fourth-order valence-electron chi connectivity index (χ4n) is 1.97. The van der Waals surface area contributed by atoms with Crippen molar-refractivity contribution < 1.29 is 0 Å². The van der Waals surface area contributed by atoms with Crippen molar-refractivity contribution >= 4 is 22.8 Å². The monoisotopic (exact) mass is 283 g/mol. The zero-order chi connectivity index (χ0) is 14.8. The zero-order valence-corrected chi connectivity index (χ0v) is 12.2. The van der Waals surface area contributed by atoms with E-state index in [1.165, 1.54) is 4.63 Å². The third kappa shape index (κ3) is 2.76. The highest BCUT2D eigenvalue weighted by Crippen LogP contribution is 2.22. The summed E-state index contributed by atoms with van der Waals surface area (Å²) < 4.78 is 1.40. The molecule has 0 amide bonds. The molecule has 0 atom stereocenters. The number of hydrogen-bond donors (Lipinski definition) is 1. The number of anilines is 3.